The molecular formula is C12H16O3S. The Morgan fingerprint density at radius 2 is 2.06 bits per heavy atom. The summed E-state index contributed by atoms with van der Waals surface area (Å²) in [5.74, 6) is 0.720. The Hall–Kier alpha value is -0.870. The number of benzene rings is 1. The third-order valence-corrected chi connectivity index (χ3v) is 4.10. The standard InChI is InChI=1S/C12H16O3S/c1-8-11(15-2)7-9-5-3-4-6-10(9)12(8)16(13)14/h7H,3-6H2,1-2H3,(H,13,14). The van der Waals surface area contributed by atoms with Crippen molar-refractivity contribution in [3.63, 3.8) is 0 Å². The predicted molar refractivity (Wildman–Crippen MR) is 63.4 cm³/mol. The molecule has 0 fully saturated rings. The molecule has 1 N–H and O–H groups in total. The number of fused-ring (bicyclic) bond motifs is 1. The first kappa shape index (κ1) is 11.6. The van der Waals surface area contributed by atoms with Crippen molar-refractivity contribution in [2.45, 2.75) is 37.5 Å². The van der Waals surface area contributed by atoms with E-state index in [1.807, 2.05) is 13.0 Å². The zero-order chi connectivity index (χ0) is 11.7. The van der Waals surface area contributed by atoms with E-state index in [2.05, 4.69) is 0 Å². The first-order valence-electron chi connectivity index (χ1n) is 5.45. The van der Waals surface area contributed by atoms with Crippen molar-refractivity contribution < 1.29 is 13.5 Å². The molecule has 1 aromatic carbocycles. The quantitative estimate of drug-likeness (QED) is 0.808. The highest BCUT2D eigenvalue weighted by atomic mass is 32.2. The average Bonchev–Trinajstić information content (AvgIpc) is 2.27. The van der Waals surface area contributed by atoms with E-state index < -0.39 is 11.1 Å². The second-order valence-corrected chi connectivity index (χ2v) is 5.03. The van der Waals surface area contributed by atoms with Crippen LogP contribution in [0.2, 0.25) is 0 Å². The maximum absolute atomic E-state index is 11.4. The molecule has 0 saturated heterocycles. The number of methoxy groups -OCH3 is 1. The molecule has 88 valence electrons. The molecular weight excluding hydrogens is 224 g/mol. The molecule has 1 atom stereocenters. The summed E-state index contributed by atoms with van der Waals surface area (Å²) in [4.78, 5) is 0.564. The molecule has 1 aromatic rings. The van der Waals surface area contributed by atoms with Crippen LogP contribution in [-0.4, -0.2) is 15.9 Å². The summed E-state index contributed by atoms with van der Waals surface area (Å²) in [5.41, 5.74) is 3.03. The lowest BCUT2D eigenvalue weighted by Gasteiger charge is -2.21. The summed E-state index contributed by atoms with van der Waals surface area (Å²) in [6.45, 7) is 1.84. The summed E-state index contributed by atoms with van der Waals surface area (Å²) >= 11 is -1.92. The molecule has 1 aliphatic carbocycles. The van der Waals surface area contributed by atoms with E-state index in [1.54, 1.807) is 7.11 Å². The first-order chi connectivity index (χ1) is 7.65. The van der Waals surface area contributed by atoms with Gasteiger partial charge in [-0.1, -0.05) is 0 Å². The molecule has 16 heavy (non-hydrogen) atoms. The number of hydrogen-bond acceptors (Lipinski definition) is 2. The van der Waals surface area contributed by atoms with Crippen LogP contribution in [0.1, 0.15) is 29.5 Å². The van der Waals surface area contributed by atoms with Crippen LogP contribution in [-0.2, 0) is 23.9 Å². The lowest BCUT2D eigenvalue weighted by Crippen LogP contribution is -2.10. The molecule has 0 radical (unpaired) electrons. The minimum Gasteiger partial charge on any atom is -0.496 e. The van der Waals surface area contributed by atoms with E-state index in [0.717, 1.165) is 42.6 Å². The molecule has 3 nitrogen and oxygen atoms in total. The minimum absolute atomic E-state index is 0.564. The van der Waals surface area contributed by atoms with Crippen LogP contribution in [0.25, 0.3) is 0 Å². The van der Waals surface area contributed by atoms with E-state index in [-0.39, 0.29) is 0 Å². The molecule has 4 heteroatoms. The van der Waals surface area contributed by atoms with E-state index in [0.29, 0.717) is 4.90 Å². The minimum atomic E-state index is -1.92. The van der Waals surface area contributed by atoms with Gasteiger partial charge in [-0.05, 0) is 49.8 Å². The fourth-order valence-corrected chi connectivity index (χ4v) is 3.21. The first-order valence-corrected chi connectivity index (χ1v) is 6.56. The van der Waals surface area contributed by atoms with Gasteiger partial charge in [0.2, 0.25) is 0 Å². The van der Waals surface area contributed by atoms with Crippen molar-refractivity contribution >= 4 is 11.1 Å². The molecule has 0 saturated carbocycles. The zero-order valence-corrected chi connectivity index (χ0v) is 10.4. The van der Waals surface area contributed by atoms with Gasteiger partial charge in [-0.3, -0.25) is 0 Å². The van der Waals surface area contributed by atoms with Gasteiger partial charge < -0.3 is 9.29 Å². The van der Waals surface area contributed by atoms with Crippen LogP contribution < -0.4 is 4.74 Å². The normalized spacial score (nSPS) is 16.7. The van der Waals surface area contributed by atoms with Gasteiger partial charge in [0.1, 0.15) is 5.75 Å². The molecule has 0 aliphatic heterocycles. The van der Waals surface area contributed by atoms with E-state index in [4.69, 9.17) is 4.74 Å². The molecule has 0 amide bonds. The number of aryl methyl sites for hydroxylation is 1. The van der Waals surface area contributed by atoms with Crippen LogP contribution in [0.5, 0.6) is 5.75 Å². The van der Waals surface area contributed by atoms with E-state index in [1.165, 1.54) is 5.56 Å². The molecule has 1 unspecified atom stereocenters. The Morgan fingerprint density at radius 1 is 1.38 bits per heavy atom. The van der Waals surface area contributed by atoms with Crippen molar-refractivity contribution in [1.29, 1.82) is 0 Å². The third-order valence-electron chi connectivity index (χ3n) is 3.19. The number of ether oxygens (including phenoxy) is 1. The second kappa shape index (κ2) is 4.55. The molecule has 0 spiro atoms. The lowest BCUT2D eigenvalue weighted by molar-refractivity contribution is 0.408. The maximum atomic E-state index is 11.4. The Kier molecular flexibility index (Phi) is 3.30. The molecule has 0 bridgehead atoms. The van der Waals surface area contributed by atoms with Crippen molar-refractivity contribution in [2.24, 2.45) is 0 Å². The van der Waals surface area contributed by atoms with Crippen molar-refractivity contribution in [3.05, 3.63) is 22.8 Å². The largest absolute Gasteiger partial charge is 0.496 e. The SMILES string of the molecule is COc1cc2c(c(S(=O)O)c1C)CCCC2. The Balaban J connectivity index is 2.67. The van der Waals surface area contributed by atoms with Crippen LogP contribution in [0.15, 0.2) is 11.0 Å². The number of hydrogen-bond donors (Lipinski definition) is 1. The van der Waals surface area contributed by atoms with Gasteiger partial charge in [-0.25, -0.2) is 4.21 Å². The molecule has 2 rings (SSSR count). The van der Waals surface area contributed by atoms with Crippen molar-refractivity contribution in [3.8, 4) is 5.75 Å². The maximum Gasteiger partial charge on any atom is 0.187 e. The van der Waals surface area contributed by atoms with Crippen LogP contribution >= 0.6 is 0 Å². The summed E-state index contributed by atoms with van der Waals surface area (Å²) in [7, 11) is 1.60. The monoisotopic (exact) mass is 240 g/mol. The smallest absolute Gasteiger partial charge is 0.187 e. The Morgan fingerprint density at radius 3 is 2.69 bits per heavy atom. The summed E-state index contributed by atoms with van der Waals surface area (Å²) in [6.07, 6.45) is 4.14. The van der Waals surface area contributed by atoms with Gasteiger partial charge in [0, 0.05) is 5.56 Å². The van der Waals surface area contributed by atoms with Crippen LogP contribution in [0.3, 0.4) is 0 Å². The highest BCUT2D eigenvalue weighted by Gasteiger charge is 2.21. The summed E-state index contributed by atoms with van der Waals surface area (Å²) in [6, 6.07) is 2.01. The Labute approximate surface area is 98.1 Å². The molecule has 0 heterocycles. The molecule has 1 aliphatic rings. The predicted octanol–water partition coefficient (Wildman–Crippen LogP) is 2.46. The zero-order valence-electron chi connectivity index (χ0n) is 9.58. The van der Waals surface area contributed by atoms with Gasteiger partial charge in [-0.15, -0.1) is 0 Å². The number of rotatable bonds is 2. The van der Waals surface area contributed by atoms with Gasteiger partial charge in [0.05, 0.1) is 12.0 Å². The van der Waals surface area contributed by atoms with Gasteiger partial charge in [-0.2, -0.15) is 0 Å². The Bertz CT molecular complexity index is 440. The van der Waals surface area contributed by atoms with Crippen LogP contribution in [0, 0.1) is 6.92 Å². The second-order valence-electron chi connectivity index (χ2n) is 4.13. The van der Waals surface area contributed by atoms with E-state index >= 15 is 0 Å². The topological polar surface area (TPSA) is 46.5 Å². The van der Waals surface area contributed by atoms with E-state index in [9.17, 15) is 8.76 Å². The van der Waals surface area contributed by atoms with Gasteiger partial charge >= 0.3 is 0 Å². The van der Waals surface area contributed by atoms with Crippen LogP contribution in [0.4, 0.5) is 0 Å². The molecule has 0 aromatic heterocycles. The fraction of sp³-hybridized carbons (Fsp3) is 0.500. The van der Waals surface area contributed by atoms with Gasteiger partial charge in [0.15, 0.2) is 11.1 Å². The summed E-state index contributed by atoms with van der Waals surface area (Å²) in [5, 5.41) is 0. The third kappa shape index (κ3) is 1.87. The highest BCUT2D eigenvalue weighted by molar-refractivity contribution is 7.79. The lowest BCUT2D eigenvalue weighted by atomic mass is 9.90. The fourth-order valence-electron chi connectivity index (χ4n) is 2.40. The van der Waals surface area contributed by atoms with Crippen molar-refractivity contribution in [2.75, 3.05) is 7.11 Å². The summed E-state index contributed by atoms with van der Waals surface area (Å²) < 4.78 is 26.1. The van der Waals surface area contributed by atoms with Crippen molar-refractivity contribution in [1.82, 2.24) is 0 Å². The highest BCUT2D eigenvalue weighted by Crippen LogP contribution is 2.34. The average molecular weight is 240 g/mol. The van der Waals surface area contributed by atoms with Gasteiger partial charge in [0.25, 0.3) is 0 Å².